The first-order valence-corrected chi connectivity index (χ1v) is 10.9. The van der Waals surface area contributed by atoms with Crippen molar-refractivity contribution in [3.05, 3.63) is 59.9 Å². The van der Waals surface area contributed by atoms with Gasteiger partial charge in [-0.15, -0.1) is 0 Å². The van der Waals surface area contributed by atoms with Crippen molar-refractivity contribution in [1.29, 1.82) is 5.26 Å². The van der Waals surface area contributed by atoms with Crippen molar-refractivity contribution in [2.24, 2.45) is 5.92 Å². The van der Waals surface area contributed by atoms with Crippen molar-refractivity contribution < 1.29 is 22.3 Å². The highest BCUT2D eigenvalue weighted by Crippen LogP contribution is 2.26. The largest absolute Gasteiger partial charge is 0.497 e. The molecular formula is C21H22FN3O4S. The molecule has 0 aliphatic carbocycles. The first kappa shape index (κ1) is 21.7. The van der Waals surface area contributed by atoms with Crippen LogP contribution >= 0.6 is 0 Å². The summed E-state index contributed by atoms with van der Waals surface area (Å²) in [7, 11) is -2.28. The third-order valence-corrected chi connectivity index (χ3v) is 6.96. The molecule has 158 valence electrons. The minimum absolute atomic E-state index is 0.00435. The van der Waals surface area contributed by atoms with Gasteiger partial charge in [0, 0.05) is 18.7 Å². The number of nitrogens with one attached hydrogen (secondary N) is 1. The van der Waals surface area contributed by atoms with Gasteiger partial charge in [-0.3, -0.25) is 4.79 Å². The van der Waals surface area contributed by atoms with Gasteiger partial charge in [0.1, 0.15) is 17.6 Å². The standard InChI is InChI=1S/C21H22FN3O4S/c1-29-16-8-10-17(11-9-16)30(27,28)25-12-4-5-15(14-25)21(26)24-20(13-23)18-6-2-3-7-19(18)22/h2-3,6-11,15,20H,4-5,12,14H2,1H3,(H,24,26). The molecule has 1 N–H and O–H groups in total. The zero-order chi connectivity index (χ0) is 21.7. The van der Waals surface area contributed by atoms with Crippen LogP contribution in [0.4, 0.5) is 4.39 Å². The topological polar surface area (TPSA) is 99.5 Å². The SMILES string of the molecule is COc1ccc(S(=O)(=O)N2CCCC(C(=O)NC(C#N)c3ccccc3F)C2)cc1. The molecule has 1 aliphatic heterocycles. The van der Waals surface area contributed by atoms with Gasteiger partial charge >= 0.3 is 0 Å². The van der Waals surface area contributed by atoms with E-state index in [1.807, 2.05) is 6.07 Å². The number of piperidine rings is 1. The summed E-state index contributed by atoms with van der Waals surface area (Å²) in [6.45, 7) is 0.294. The molecule has 0 radical (unpaired) electrons. The average molecular weight is 431 g/mol. The Morgan fingerprint density at radius 3 is 2.60 bits per heavy atom. The molecule has 2 aromatic rings. The van der Waals surface area contributed by atoms with Crippen LogP contribution in [0.5, 0.6) is 5.75 Å². The number of carbonyl (C=O) groups excluding carboxylic acids is 1. The predicted molar refractivity (Wildman–Crippen MR) is 107 cm³/mol. The number of amides is 1. The highest BCUT2D eigenvalue weighted by molar-refractivity contribution is 7.89. The van der Waals surface area contributed by atoms with Crippen molar-refractivity contribution in [3.63, 3.8) is 0 Å². The van der Waals surface area contributed by atoms with Gasteiger partial charge in [0.25, 0.3) is 0 Å². The Morgan fingerprint density at radius 1 is 1.27 bits per heavy atom. The molecule has 0 spiro atoms. The van der Waals surface area contributed by atoms with Crippen LogP contribution in [0.2, 0.25) is 0 Å². The fourth-order valence-electron chi connectivity index (χ4n) is 3.42. The number of sulfonamides is 1. The maximum absolute atomic E-state index is 14.0. The predicted octanol–water partition coefficient (Wildman–Crippen LogP) is 2.62. The first-order valence-electron chi connectivity index (χ1n) is 9.45. The normalized spacial score (nSPS) is 18.2. The molecule has 30 heavy (non-hydrogen) atoms. The van der Waals surface area contributed by atoms with Crippen LogP contribution in [0.1, 0.15) is 24.4 Å². The van der Waals surface area contributed by atoms with Crippen molar-refractivity contribution in [2.75, 3.05) is 20.2 Å². The minimum Gasteiger partial charge on any atom is -0.497 e. The van der Waals surface area contributed by atoms with Gasteiger partial charge in [0.15, 0.2) is 0 Å². The highest BCUT2D eigenvalue weighted by Gasteiger charge is 2.34. The minimum atomic E-state index is -3.77. The third kappa shape index (κ3) is 4.61. The molecule has 2 aromatic carbocycles. The maximum Gasteiger partial charge on any atom is 0.243 e. The van der Waals surface area contributed by atoms with Gasteiger partial charge < -0.3 is 10.1 Å². The number of hydrogen-bond donors (Lipinski definition) is 1. The van der Waals surface area contributed by atoms with Gasteiger partial charge in [-0.05, 0) is 43.2 Å². The second-order valence-electron chi connectivity index (χ2n) is 6.97. The summed E-state index contributed by atoms with van der Waals surface area (Å²) < 4.78 is 46.2. The summed E-state index contributed by atoms with van der Waals surface area (Å²) in [5, 5.41) is 11.9. The Balaban J connectivity index is 1.72. The van der Waals surface area contributed by atoms with E-state index in [0.29, 0.717) is 25.1 Å². The zero-order valence-corrected chi connectivity index (χ0v) is 17.2. The molecule has 3 rings (SSSR count). The molecule has 1 heterocycles. The molecule has 1 fully saturated rings. The van der Waals surface area contributed by atoms with Gasteiger partial charge in [-0.2, -0.15) is 9.57 Å². The van der Waals surface area contributed by atoms with Crippen LogP contribution in [-0.4, -0.2) is 38.8 Å². The lowest BCUT2D eigenvalue weighted by Gasteiger charge is -2.31. The number of benzene rings is 2. The van der Waals surface area contributed by atoms with E-state index in [-0.39, 0.29) is 17.0 Å². The van der Waals surface area contributed by atoms with E-state index in [1.165, 1.54) is 41.7 Å². The Hall–Kier alpha value is -2.96. The number of ether oxygens (including phenoxy) is 1. The second kappa shape index (κ2) is 9.24. The van der Waals surface area contributed by atoms with Crippen molar-refractivity contribution in [2.45, 2.75) is 23.8 Å². The molecule has 1 saturated heterocycles. The lowest BCUT2D eigenvalue weighted by atomic mass is 9.97. The Morgan fingerprint density at radius 2 is 1.97 bits per heavy atom. The maximum atomic E-state index is 14.0. The van der Waals surface area contributed by atoms with Gasteiger partial charge in [0.2, 0.25) is 15.9 Å². The Bertz CT molecular complexity index is 1050. The van der Waals surface area contributed by atoms with Crippen LogP contribution in [0.15, 0.2) is 53.4 Å². The average Bonchev–Trinajstić information content (AvgIpc) is 2.78. The molecule has 1 amide bonds. The van der Waals surface area contributed by atoms with E-state index >= 15 is 0 Å². The number of nitrogens with zero attached hydrogens (tertiary/aromatic N) is 2. The molecule has 0 bridgehead atoms. The highest BCUT2D eigenvalue weighted by atomic mass is 32.2. The summed E-state index contributed by atoms with van der Waals surface area (Å²) in [6, 6.07) is 12.5. The zero-order valence-electron chi connectivity index (χ0n) is 16.4. The van der Waals surface area contributed by atoms with E-state index in [2.05, 4.69) is 5.32 Å². The van der Waals surface area contributed by atoms with E-state index in [9.17, 15) is 22.9 Å². The summed E-state index contributed by atoms with van der Waals surface area (Å²) in [4.78, 5) is 12.8. The lowest BCUT2D eigenvalue weighted by Crippen LogP contribution is -2.46. The summed E-state index contributed by atoms with van der Waals surface area (Å²) in [5.41, 5.74) is 0.0758. The van der Waals surface area contributed by atoms with E-state index in [0.717, 1.165) is 0 Å². The molecule has 2 atom stereocenters. The molecular weight excluding hydrogens is 409 g/mol. The van der Waals surface area contributed by atoms with Crippen LogP contribution in [-0.2, 0) is 14.8 Å². The van der Waals surface area contributed by atoms with E-state index < -0.39 is 33.7 Å². The van der Waals surface area contributed by atoms with Crippen LogP contribution in [0, 0.1) is 23.1 Å². The first-order chi connectivity index (χ1) is 14.4. The van der Waals surface area contributed by atoms with Crippen molar-refractivity contribution in [3.8, 4) is 11.8 Å². The number of rotatable bonds is 6. The Labute approximate surface area is 175 Å². The Kier molecular flexibility index (Phi) is 6.70. The van der Waals surface area contributed by atoms with Gasteiger partial charge in [-0.1, -0.05) is 18.2 Å². The summed E-state index contributed by atoms with van der Waals surface area (Å²) in [5.74, 6) is -1.15. The van der Waals surface area contributed by atoms with Crippen molar-refractivity contribution >= 4 is 15.9 Å². The number of halogens is 1. The molecule has 9 heteroatoms. The lowest BCUT2D eigenvalue weighted by molar-refractivity contribution is -0.126. The fraction of sp³-hybridized carbons (Fsp3) is 0.333. The quantitative estimate of drug-likeness (QED) is 0.758. The monoisotopic (exact) mass is 431 g/mol. The number of carbonyl (C=O) groups is 1. The van der Waals surface area contributed by atoms with E-state index in [4.69, 9.17) is 4.74 Å². The fourth-order valence-corrected chi connectivity index (χ4v) is 4.94. The summed E-state index contributed by atoms with van der Waals surface area (Å²) in [6.07, 6.45) is 0.986. The molecule has 7 nitrogen and oxygen atoms in total. The molecule has 1 aliphatic rings. The number of nitriles is 1. The van der Waals surface area contributed by atoms with Crippen molar-refractivity contribution in [1.82, 2.24) is 9.62 Å². The smallest absolute Gasteiger partial charge is 0.243 e. The molecule has 0 aromatic heterocycles. The molecule has 0 saturated carbocycles. The summed E-state index contributed by atoms with van der Waals surface area (Å²) >= 11 is 0. The molecule has 2 unspecified atom stereocenters. The van der Waals surface area contributed by atoms with Gasteiger partial charge in [0.05, 0.1) is 24.0 Å². The third-order valence-electron chi connectivity index (χ3n) is 5.08. The second-order valence-corrected chi connectivity index (χ2v) is 8.91. The van der Waals surface area contributed by atoms with Crippen LogP contribution in [0.25, 0.3) is 0 Å². The number of hydrogen-bond acceptors (Lipinski definition) is 5. The van der Waals surface area contributed by atoms with E-state index in [1.54, 1.807) is 18.2 Å². The van der Waals surface area contributed by atoms with Crippen LogP contribution < -0.4 is 10.1 Å². The van der Waals surface area contributed by atoms with Crippen LogP contribution in [0.3, 0.4) is 0 Å². The van der Waals surface area contributed by atoms with Gasteiger partial charge in [-0.25, -0.2) is 12.8 Å². The number of methoxy groups -OCH3 is 1.